The molecule has 0 unspecified atom stereocenters. The molecule has 0 fully saturated rings. The van der Waals surface area contributed by atoms with Gasteiger partial charge in [0.25, 0.3) is 0 Å². The van der Waals surface area contributed by atoms with Gasteiger partial charge < -0.3 is 9.47 Å². The first kappa shape index (κ1) is 22.7. The van der Waals surface area contributed by atoms with E-state index < -0.39 is 23.3 Å². The highest BCUT2D eigenvalue weighted by Gasteiger charge is 2.38. The van der Waals surface area contributed by atoms with Crippen molar-refractivity contribution in [3.8, 4) is 11.5 Å². The quantitative estimate of drug-likeness (QED) is 0.324. The Morgan fingerprint density at radius 1 is 0.645 bits per heavy atom. The second-order valence-electron chi connectivity index (χ2n) is 7.38. The van der Waals surface area contributed by atoms with Crippen LogP contribution in [0.4, 0.5) is 17.6 Å². The lowest BCUT2D eigenvalue weighted by Gasteiger charge is -2.21. The molecule has 2 nitrogen and oxygen atoms in total. The van der Waals surface area contributed by atoms with Crippen LogP contribution >= 0.6 is 0 Å². The molecular weight excluding hydrogens is 408 g/mol. The summed E-state index contributed by atoms with van der Waals surface area (Å²) in [6.45, 7) is 3.90. The predicted molar refractivity (Wildman–Crippen MR) is 112 cm³/mol. The molecule has 0 aliphatic rings. The van der Waals surface area contributed by atoms with E-state index in [1.165, 1.54) is 24.3 Å². The van der Waals surface area contributed by atoms with E-state index in [2.05, 4.69) is 6.92 Å². The van der Waals surface area contributed by atoms with E-state index in [4.69, 9.17) is 9.47 Å². The molecule has 0 aliphatic carbocycles. The molecule has 0 saturated carbocycles. The van der Waals surface area contributed by atoms with Crippen molar-refractivity contribution in [3.05, 3.63) is 95.1 Å². The lowest BCUT2D eigenvalue weighted by molar-refractivity contribution is -0.188. The number of hydrogen-bond donors (Lipinski definition) is 0. The van der Waals surface area contributed by atoms with Crippen molar-refractivity contribution in [3.63, 3.8) is 0 Å². The van der Waals surface area contributed by atoms with Crippen LogP contribution in [0, 0.1) is 6.92 Å². The molecule has 0 N–H and O–H groups in total. The van der Waals surface area contributed by atoms with E-state index in [-0.39, 0.29) is 11.5 Å². The lowest BCUT2D eigenvalue weighted by Crippen LogP contribution is -2.24. The van der Waals surface area contributed by atoms with Crippen molar-refractivity contribution < 1.29 is 27.0 Å². The van der Waals surface area contributed by atoms with Gasteiger partial charge in [0.1, 0.15) is 11.5 Å². The number of alkyl halides is 4. The second-order valence-corrected chi connectivity index (χ2v) is 7.38. The van der Waals surface area contributed by atoms with E-state index in [0.29, 0.717) is 0 Å². The maximum absolute atomic E-state index is 14.5. The van der Waals surface area contributed by atoms with Crippen LogP contribution in [-0.4, -0.2) is 0 Å². The zero-order valence-corrected chi connectivity index (χ0v) is 17.4. The number of aryl methyl sites for hydroxylation is 2. The highest BCUT2D eigenvalue weighted by atomic mass is 19.3. The molecule has 0 aromatic heterocycles. The van der Waals surface area contributed by atoms with Gasteiger partial charge in [-0.2, -0.15) is 17.6 Å². The summed E-state index contributed by atoms with van der Waals surface area (Å²) in [7, 11) is 0. The highest BCUT2D eigenvalue weighted by molar-refractivity contribution is 5.32. The van der Waals surface area contributed by atoms with Gasteiger partial charge in [-0.3, -0.25) is 0 Å². The van der Waals surface area contributed by atoms with Crippen LogP contribution in [0.25, 0.3) is 0 Å². The minimum Gasteiger partial charge on any atom is -0.429 e. The summed E-state index contributed by atoms with van der Waals surface area (Å²) in [6, 6.07) is 16.2. The molecule has 3 rings (SSSR count). The van der Waals surface area contributed by atoms with Gasteiger partial charge in [0.05, 0.1) is 11.1 Å². The van der Waals surface area contributed by atoms with Gasteiger partial charge in [-0.25, -0.2) is 0 Å². The minimum atomic E-state index is -3.67. The molecule has 164 valence electrons. The number of ether oxygens (including phenoxy) is 2. The maximum atomic E-state index is 14.5. The molecule has 6 heteroatoms. The Labute approximate surface area is 179 Å². The van der Waals surface area contributed by atoms with Crippen LogP contribution in [0.3, 0.4) is 0 Å². The molecule has 0 atom stereocenters. The molecule has 0 amide bonds. The molecule has 31 heavy (non-hydrogen) atoms. The Kier molecular flexibility index (Phi) is 6.88. The van der Waals surface area contributed by atoms with E-state index in [1.54, 1.807) is 24.3 Å². The summed E-state index contributed by atoms with van der Waals surface area (Å²) < 4.78 is 67.4. The first-order valence-corrected chi connectivity index (χ1v) is 10.1. The molecule has 0 spiro atoms. The lowest BCUT2D eigenvalue weighted by atomic mass is 10.1. The highest BCUT2D eigenvalue weighted by Crippen LogP contribution is 2.35. The van der Waals surface area contributed by atoms with E-state index in [0.717, 1.165) is 54.7 Å². The van der Waals surface area contributed by atoms with Gasteiger partial charge in [-0.15, -0.1) is 0 Å². The zero-order chi connectivity index (χ0) is 22.5. The van der Waals surface area contributed by atoms with Crippen molar-refractivity contribution in [2.24, 2.45) is 0 Å². The summed E-state index contributed by atoms with van der Waals surface area (Å²) in [5.41, 5.74) is 0.876. The number of benzene rings is 3. The standard InChI is InChI=1S/C25H24F4O2/c1-3-4-5-19-8-16-23(17-9-19)31-25(28,29)21-12-10-20(11-13-21)24(26,27)30-22-14-6-18(2)7-15-22/h6-17H,3-5H2,1-2H3. The average molecular weight is 432 g/mol. The van der Waals surface area contributed by atoms with Crippen molar-refractivity contribution in [2.45, 2.75) is 45.3 Å². The third-order valence-electron chi connectivity index (χ3n) is 4.81. The Balaban J connectivity index is 1.69. The monoisotopic (exact) mass is 432 g/mol. The van der Waals surface area contributed by atoms with Crippen LogP contribution < -0.4 is 9.47 Å². The van der Waals surface area contributed by atoms with E-state index >= 15 is 0 Å². The normalized spacial score (nSPS) is 11.9. The fraction of sp³-hybridized carbons (Fsp3) is 0.280. The van der Waals surface area contributed by atoms with E-state index in [1.807, 2.05) is 6.92 Å². The first-order chi connectivity index (χ1) is 14.7. The van der Waals surface area contributed by atoms with Crippen molar-refractivity contribution in [1.29, 1.82) is 0 Å². The van der Waals surface area contributed by atoms with Gasteiger partial charge in [0.2, 0.25) is 0 Å². The van der Waals surface area contributed by atoms with Crippen LogP contribution in [0.1, 0.15) is 42.0 Å². The zero-order valence-electron chi connectivity index (χ0n) is 17.4. The smallest absolute Gasteiger partial charge is 0.426 e. The van der Waals surface area contributed by atoms with Gasteiger partial charge >= 0.3 is 12.2 Å². The molecule has 3 aromatic carbocycles. The van der Waals surface area contributed by atoms with Crippen LogP contribution in [0.2, 0.25) is 0 Å². The average Bonchev–Trinajstić information content (AvgIpc) is 2.75. The fourth-order valence-corrected chi connectivity index (χ4v) is 2.98. The molecule has 0 aliphatic heterocycles. The molecular formula is C25H24F4O2. The predicted octanol–water partition coefficient (Wildman–Crippen LogP) is 7.59. The van der Waals surface area contributed by atoms with Crippen molar-refractivity contribution in [1.82, 2.24) is 0 Å². The Morgan fingerprint density at radius 2 is 1.06 bits per heavy atom. The van der Waals surface area contributed by atoms with Gasteiger partial charge in [0, 0.05) is 0 Å². The molecule has 3 aromatic rings. The second kappa shape index (κ2) is 9.41. The molecule has 0 bridgehead atoms. The molecule has 0 saturated heterocycles. The Hall–Kier alpha value is -3.02. The summed E-state index contributed by atoms with van der Waals surface area (Å²) in [5, 5.41) is 0. The van der Waals surface area contributed by atoms with Crippen LogP contribution in [0.15, 0.2) is 72.8 Å². The van der Waals surface area contributed by atoms with Crippen molar-refractivity contribution in [2.75, 3.05) is 0 Å². The molecule has 0 radical (unpaired) electrons. The SMILES string of the molecule is CCCCc1ccc(OC(F)(F)c2ccc(C(F)(F)Oc3ccc(C)cc3)cc2)cc1. The summed E-state index contributed by atoms with van der Waals surface area (Å²) in [5.74, 6) is -0.0157. The summed E-state index contributed by atoms with van der Waals surface area (Å²) in [6.07, 6.45) is -4.41. The summed E-state index contributed by atoms with van der Waals surface area (Å²) in [4.78, 5) is 0. The Bertz CT molecular complexity index is 966. The summed E-state index contributed by atoms with van der Waals surface area (Å²) >= 11 is 0. The minimum absolute atomic E-state index is 0.00218. The number of unbranched alkanes of at least 4 members (excludes halogenated alkanes) is 1. The third-order valence-corrected chi connectivity index (χ3v) is 4.81. The Morgan fingerprint density at radius 3 is 1.48 bits per heavy atom. The number of halogens is 4. The topological polar surface area (TPSA) is 18.5 Å². The van der Waals surface area contributed by atoms with E-state index in [9.17, 15) is 17.6 Å². The third kappa shape index (κ3) is 6.00. The van der Waals surface area contributed by atoms with Gasteiger partial charge in [-0.1, -0.05) is 43.2 Å². The largest absolute Gasteiger partial charge is 0.429 e. The first-order valence-electron chi connectivity index (χ1n) is 10.1. The van der Waals surface area contributed by atoms with Crippen molar-refractivity contribution >= 4 is 0 Å². The fourth-order valence-electron chi connectivity index (χ4n) is 2.98. The van der Waals surface area contributed by atoms with Crippen LogP contribution in [0.5, 0.6) is 11.5 Å². The maximum Gasteiger partial charge on any atom is 0.426 e. The van der Waals surface area contributed by atoms with Gasteiger partial charge in [-0.05, 0) is 73.9 Å². The van der Waals surface area contributed by atoms with Crippen LogP contribution in [-0.2, 0) is 18.6 Å². The number of hydrogen-bond acceptors (Lipinski definition) is 2. The number of rotatable bonds is 9. The van der Waals surface area contributed by atoms with Gasteiger partial charge in [0.15, 0.2) is 0 Å². The molecule has 0 heterocycles.